The monoisotopic (exact) mass is 379 g/mol. The van der Waals surface area contributed by atoms with Gasteiger partial charge >= 0.3 is 0 Å². The van der Waals surface area contributed by atoms with Crippen molar-refractivity contribution in [2.75, 3.05) is 32.9 Å². The number of para-hydroxylation sites is 1. The summed E-state index contributed by atoms with van der Waals surface area (Å²) in [6.45, 7) is 3.14. The van der Waals surface area contributed by atoms with Crippen LogP contribution in [0.4, 0.5) is 0 Å². The molecule has 2 atom stereocenters. The Balaban J connectivity index is 1.77. The molecule has 0 saturated carbocycles. The maximum atomic E-state index is 12.4. The minimum Gasteiger partial charge on any atom is -0.391 e. The number of fused-ring (bicyclic) bond motifs is 1. The molecule has 1 fully saturated rings. The van der Waals surface area contributed by atoms with Crippen LogP contribution in [-0.2, 0) is 16.6 Å². The highest BCUT2D eigenvalue weighted by Gasteiger charge is 2.35. The van der Waals surface area contributed by atoms with Crippen molar-refractivity contribution >= 4 is 20.9 Å². The Hall–Kier alpha value is -1.74. The van der Waals surface area contributed by atoms with Gasteiger partial charge in [-0.05, 0) is 23.9 Å². The molecule has 1 aliphatic rings. The van der Waals surface area contributed by atoms with E-state index in [4.69, 9.17) is 0 Å². The number of aromatic nitrogens is 1. The molecule has 3 rings (SSSR count). The van der Waals surface area contributed by atoms with E-state index in [-0.39, 0.29) is 17.2 Å². The maximum Gasteiger partial charge on any atom is 0.252 e. The van der Waals surface area contributed by atoms with Crippen LogP contribution in [0.5, 0.6) is 0 Å². The molecule has 2 N–H and O–H groups in total. The summed E-state index contributed by atoms with van der Waals surface area (Å²) in [5.74, 6) is -0.450. The first-order valence-corrected chi connectivity index (χ1v) is 10.2. The van der Waals surface area contributed by atoms with Crippen LogP contribution in [0.25, 0.3) is 10.9 Å². The normalized spacial score (nSPS) is 21.7. The number of likely N-dealkylation sites (tertiary alicyclic amines) is 1. The number of rotatable bonds is 5. The third kappa shape index (κ3) is 3.83. The summed E-state index contributed by atoms with van der Waals surface area (Å²) in [5, 5.41) is 11.2. The fraction of sp³-hybridized carbons (Fsp3) is 0.500. The third-order valence-corrected chi connectivity index (χ3v) is 6.98. The van der Waals surface area contributed by atoms with Gasteiger partial charge in [0.1, 0.15) is 0 Å². The Morgan fingerprint density at radius 3 is 2.73 bits per heavy atom. The first-order chi connectivity index (χ1) is 12.2. The van der Waals surface area contributed by atoms with Gasteiger partial charge in [-0.15, -0.1) is 0 Å². The van der Waals surface area contributed by atoms with Gasteiger partial charge in [0.15, 0.2) is 0 Å². The predicted molar refractivity (Wildman–Crippen MR) is 102 cm³/mol. The molecule has 0 unspecified atom stereocenters. The summed E-state index contributed by atoms with van der Waals surface area (Å²) in [4.78, 5) is 17.3. The van der Waals surface area contributed by atoms with E-state index in [1.165, 1.54) is 18.4 Å². The smallest absolute Gasteiger partial charge is 0.252 e. The van der Waals surface area contributed by atoms with Crippen LogP contribution in [0.2, 0.25) is 0 Å². The van der Waals surface area contributed by atoms with Gasteiger partial charge in [-0.25, -0.2) is 12.7 Å². The molecule has 2 heterocycles. The number of aliphatic hydroxyl groups excluding tert-OH is 1. The molecular weight excluding hydrogens is 354 g/mol. The average Bonchev–Trinajstić information content (AvgIpc) is 2.88. The summed E-state index contributed by atoms with van der Waals surface area (Å²) >= 11 is 0. The second-order valence-electron chi connectivity index (χ2n) is 7.25. The molecule has 142 valence electrons. The second-order valence-corrected chi connectivity index (χ2v) is 9.47. The van der Waals surface area contributed by atoms with Gasteiger partial charge in [0.2, 0.25) is 10.0 Å². The number of hydrogen-bond acceptors (Lipinski definition) is 5. The maximum absolute atomic E-state index is 12.4. The number of β-amino-alcohol motifs (C(OH)–C–C–N with tert-alkyl or cyclic N) is 1. The van der Waals surface area contributed by atoms with Crippen LogP contribution in [0, 0.1) is 12.8 Å². The van der Waals surface area contributed by atoms with E-state index in [9.17, 15) is 18.3 Å². The SMILES string of the molecule is Cc1cccc2cc(CN3C[C@@H](CS(=O)(=O)N(C)C)[C@H](O)C3)c(=O)[nH]c12. The average molecular weight is 379 g/mol. The van der Waals surface area contributed by atoms with E-state index in [1.807, 2.05) is 36.1 Å². The van der Waals surface area contributed by atoms with Gasteiger partial charge in [-0.2, -0.15) is 0 Å². The number of benzene rings is 1. The van der Waals surface area contributed by atoms with Gasteiger partial charge in [0, 0.05) is 45.2 Å². The van der Waals surface area contributed by atoms with Gasteiger partial charge in [-0.1, -0.05) is 18.2 Å². The van der Waals surface area contributed by atoms with Crippen molar-refractivity contribution in [3.63, 3.8) is 0 Å². The molecule has 1 aromatic carbocycles. The van der Waals surface area contributed by atoms with Crippen molar-refractivity contribution in [2.24, 2.45) is 5.92 Å². The van der Waals surface area contributed by atoms with E-state index < -0.39 is 16.1 Å². The van der Waals surface area contributed by atoms with Crippen molar-refractivity contribution in [1.29, 1.82) is 0 Å². The molecule has 1 saturated heterocycles. The first-order valence-electron chi connectivity index (χ1n) is 8.59. The molecule has 8 heteroatoms. The van der Waals surface area contributed by atoms with E-state index in [2.05, 4.69) is 4.98 Å². The number of sulfonamides is 1. The minimum atomic E-state index is -3.37. The predicted octanol–water partition coefficient (Wildman–Crippen LogP) is 0.521. The Morgan fingerprint density at radius 1 is 1.31 bits per heavy atom. The molecule has 1 aliphatic heterocycles. The van der Waals surface area contributed by atoms with E-state index >= 15 is 0 Å². The third-order valence-electron chi connectivity index (χ3n) is 5.02. The van der Waals surface area contributed by atoms with E-state index in [1.54, 1.807) is 0 Å². The zero-order valence-corrected chi connectivity index (χ0v) is 16.1. The lowest BCUT2D eigenvalue weighted by atomic mass is 10.1. The Kier molecular flexibility index (Phi) is 5.21. The number of aryl methyl sites for hydroxylation is 1. The Bertz CT molecular complexity index is 968. The number of hydrogen-bond donors (Lipinski definition) is 2. The van der Waals surface area contributed by atoms with Crippen LogP contribution in [0.15, 0.2) is 29.1 Å². The lowest BCUT2D eigenvalue weighted by Gasteiger charge is -2.18. The largest absolute Gasteiger partial charge is 0.391 e. The molecule has 1 aromatic heterocycles. The number of H-pyrrole nitrogens is 1. The van der Waals surface area contributed by atoms with Gasteiger partial charge < -0.3 is 10.1 Å². The second kappa shape index (κ2) is 7.11. The van der Waals surface area contributed by atoms with Gasteiger partial charge in [-0.3, -0.25) is 9.69 Å². The summed E-state index contributed by atoms with van der Waals surface area (Å²) in [5.41, 5.74) is 2.31. The molecule has 2 aromatic rings. The van der Waals surface area contributed by atoms with Crippen molar-refractivity contribution < 1.29 is 13.5 Å². The fourth-order valence-corrected chi connectivity index (χ4v) is 4.61. The quantitative estimate of drug-likeness (QED) is 0.790. The summed E-state index contributed by atoms with van der Waals surface area (Å²) in [6.07, 6.45) is -0.716. The number of aromatic amines is 1. The molecule has 26 heavy (non-hydrogen) atoms. The zero-order chi connectivity index (χ0) is 19.1. The van der Waals surface area contributed by atoms with Crippen LogP contribution in [-0.4, -0.2) is 66.8 Å². The number of nitrogens with zero attached hydrogens (tertiary/aromatic N) is 2. The van der Waals surface area contributed by atoms with Gasteiger partial charge in [0.05, 0.1) is 17.4 Å². The topological polar surface area (TPSA) is 93.7 Å². The lowest BCUT2D eigenvalue weighted by Crippen LogP contribution is -2.33. The summed E-state index contributed by atoms with van der Waals surface area (Å²) in [6, 6.07) is 7.72. The standard InChI is InChI=1S/C18H25N3O4S/c1-12-5-4-6-13-7-14(18(23)19-17(12)13)8-21-9-15(16(22)10-21)11-26(24,25)20(2)3/h4-7,15-16,22H,8-11H2,1-3H3,(H,19,23)/t15-,16+/m0/s1. The van der Waals surface area contributed by atoms with Crippen molar-refractivity contribution in [2.45, 2.75) is 19.6 Å². The highest BCUT2D eigenvalue weighted by Crippen LogP contribution is 2.22. The number of aliphatic hydroxyl groups is 1. The van der Waals surface area contributed by atoms with Crippen molar-refractivity contribution in [1.82, 2.24) is 14.2 Å². The molecular formula is C18H25N3O4S. The highest BCUT2D eigenvalue weighted by atomic mass is 32.2. The van der Waals surface area contributed by atoms with Crippen LogP contribution in [0.1, 0.15) is 11.1 Å². The molecule has 0 aliphatic carbocycles. The molecule has 0 bridgehead atoms. The van der Waals surface area contributed by atoms with E-state index in [0.29, 0.717) is 25.2 Å². The van der Waals surface area contributed by atoms with Crippen LogP contribution < -0.4 is 5.56 Å². The highest BCUT2D eigenvalue weighted by molar-refractivity contribution is 7.89. The lowest BCUT2D eigenvalue weighted by molar-refractivity contribution is 0.148. The van der Waals surface area contributed by atoms with Crippen LogP contribution in [0.3, 0.4) is 0 Å². The zero-order valence-electron chi connectivity index (χ0n) is 15.3. The number of pyridine rings is 1. The molecule has 0 amide bonds. The Labute approximate surface area is 153 Å². The first kappa shape index (κ1) is 19.0. The number of nitrogens with one attached hydrogen (secondary N) is 1. The summed E-state index contributed by atoms with van der Waals surface area (Å²) < 4.78 is 25.3. The van der Waals surface area contributed by atoms with Crippen molar-refractivity contribution in [3.05, 3.63) is 45.7 Å². The van der Waals surface area contributed by atoms with Crippen LogP contribution >= 0.6 is 0 Å². The van der Waals surface area contributed by atoms with Crippen molar-refractivity contribution in [3.8, 4) is 0 Å². The molecule has 0 radical (unpaired) electrons. The minimum absolute atomic E-state index is 0.0923. The van der Waals surface area contributed by atoms with E-state index in [0.717, 1.165) is 16.5 Å². The molecule has 0 spiro atoms. The summed E-state index contributed by atoms with van der Waals surface area (Å²) in [7, 11) is -0.392. The molecule has 7 nitrogen and oxygen atoms in total. The Morgan fingerprint density at radius 2 is 2.04 bits per heavy atom. The van der Waals surface area contributed by atoms with Gasteiger partial charge in [0.25, 0.3) is 5.56 Å². The fourth-order valence-electron chi connectivity index (χ4n) is 3.44.